The van der Waals surface area contributed by atoms with Gasteiger partial charge in [0.1, 0.15) is 0 Å². The van der Waals surface area contributed by atoms with Crippen LogP contribution in [0, 0.1) is 0 Å². The number of carbonyl (C=O) groups excluding carboxylic acids is 1. The van der Waals surface area contributed by atoms with Crippen molar-refractivity contribution in [3.05, 3.63) is 64.3 Å². The zero-order valence-electron chi connectivity index (χ0n) is 13.8. The van der Waals surface area contributed by atoms with E-state index in [1.54, 1.807) is 0 Å². The Balaban J connectivity index is 1.42. The van der Waals surface area contributed by atoms with E-state index in [-0.39, 0.29) is 5.91 Å². The van der Waals surface area contributed by atoms with Crippen LogP contribution in [-0.4, -0.2) is 52.1 Å². The van der Waals surface area contributed by atoms with Crippen molar-refractivity contribution in [1.29, 1.82) is 0 Å². The number of hydrogen-bond donors (Lipinski definition) is 1. The number of rotatable bonds is 3. The van der Waals surface area contributed by atoms with E-state index in [0.29, 0.717) is 5.69 Å². The molecule has 1 aromatic heterocycles. The van der Waals surface area contributed by atoms with Crippen molar-refractivity contribution >= 4 is 32.7 Å². The first-order valence-electron chi connectivity index (χ1n) is 8.40. The van der Waals surface area contributed by atoms with Crippen LogP contribution >= 0.6 is 15.9 Å². The SMILES string of the molecule is O=C(c1n[nH]c2ccccc12)N1CCN(Cc2ccccc2Br)CC1. The van der Waals surface area contributed by atoms with Gasteiger partial charge in [-0.3, -0.25) is 14.8 Å². The van der Waals surface area contributed by atoms with E-state index in [2.05, 4.69) is 49.2 Å². The second-order valence-electron chi connectivity index (χ2n) is 6.28. The van der Waals surface area contributed by atoms with E-state index in [1.807, 2.05) is 35.2 Å². The Bertz CT molecular complexity index is 899. The first-order valence-corrected chi connectivity index (χ1v) is 9.20. The molecule has 6 heteroatoms. The molecule has 0 spiro atoms. The number of para-hydroxylation sites is 1. The van der Waals surface area contributed by atoms with Crippen molar-refractivity contribution in [2.75, 3.05) is 26.2 Å². The van der Waals surface area contributed by atoms with Crippen LogP contribution in [0.15, 0.2) is 53.0 Å². The van der Waals surface area contributed by atoms with Crippen molar-refractivity contribution in [1.82, 2.24) is 20.0 Å². The number of nitrogens with zero attached hydrogens (tertiary/aromatic N) is 3. The fourth-order valence-corrected chi connectivity index (χ4v) is 3.66. The monoisotopic (exact) mass is 398 g/mol. The molecule has 0 atom stereocenters. The van der Waals surface area contributed by atoms with Crippen LogP contribution in [0.1, 0.15) is 16.1 Å². The number of aromatic nitrogens is 2. The molecule has 0 unspecified atom stereocenters. The fourth-order valence-electron chi connectivity index (χ4n) is 3.25. The highest BCUT2D eigenvalue weighted by molar-refractivity contribution is 9.10. The van der Waals surface area contributed by atoms with Crippen LogP contribution in [-0.2, 0) is 6.54 Å². The normalized spacial score (nSPS) is 15.6. The quantitative estimate of drug-likeness (QED) is 0.736. The molecule has 1 saturated heterocycles. The summed E-state index contributed by atoms with van der Waals surface area (Å²) in [6.07, 6.45) is 0. The lowest BCUT2D eigenvalue weighted by Crippen LogP contribution is -2.48. The van der Waals surface area contributed by atoms with Crippen molar-refractivity contribution < 1.29 is 4.79 Å². The van der Waals surface area contributed by atoms with Crippen molar-refractivity contribution in [3.8, 4) is 0 Å². The number of benzene rings is 2. The van der Waals surface area contributed by atoms with Gasteiger partial charge in [0.2, 0.25) is 0 Å². The average Bonchev–Trinajstić information content (AvgIpc) is 3.08. The van der Waals surface area contributed by atoms with Gasteiger partial charge in [-0.2, -0.15) is 5.10 Å². The molecule has 128 valence electrons. The summed E-state index contributed by atoms with van der Waals surface area (Å²) in [5.74, 6) is 0.0120. The van der Waals surface area contributed by atoms with E-state index in [9.17, 15) is 4.79 Å². The van der Waals surface area contributed by atoms with Crippen LogP contribution < -0.4 is 0 Å². The minimum absolute atomic E-state index is 0.0120. The minimum Gasteiger partial charge on any atom is -0.335 e. The number of nitrogens with one attached hydrogen (secondary N) is 1. The number of aromatic amines is 1. The Hall–Kier alpha value is -2.18. The maximum absolute atomic E-state index is 12.8. The van der Waals surface area contributed by atoms with Gasteiger partial charge < -0.3 is 4.90 Å². The van der Waals surface area contributed by atoms with Gasteiger partial charge in [0.15, 0.2) is 5.69 Å². The highest BCUT2D eigenvalue weighted by atomic mass is 79.9. The second kappa shape index (κ2) is 6.98. The van der Waals surface area contributed by atoms with Gasteiger partial charge in [0.05, 0.1) is 5.52 Å². The molecule has 1 aliphatic rings. The van der Waals surface area contributed by atoms with Crippen LogP contribution in [0.5, 0.6) is 0 Å². The number of amides is 1. The minimum atomic E-state index is 0.0120. The first-order chi connectivity index (χ1) is 12.2. The number of carbonyl (C=O) groups is 1. The molecular formula is C19H19BrN4O. The highest BCUT2D eigenvalue weighted by Crippen LogP contribution is 2.20. The van der Waals surface area contributed by atoms with Crippen LogP contribution in [0.3, 0.4) is 0 Å². The predicted octanol–water partition coefficient (Wildman–Crippen LogP) is 3.28. The molecular weight excluding hydrogens is 380 g/mol. The Morgan fingerprint density at radius 2 is 1.76 bits per heavy atom. The largest absolute Gasteiger partial charge is 0.335 e. The summed E-state index contributed by atoms with van der Waals surface area (Å²) >= 11 is 3.60. The van der Waals surface area contributed by atoms with Gasteiger partial charge in [-0.1, -0.05) is 52.3 Å². The molecule has 25 heavy (non-hydrogen) atoms. The third-order valence-electron chi connectivity index (χ3n) is 4.68. The summed E-state index contributed by atoms with van der Waals surface area (Å²) < 4.78 is 1.14. The number of halogens is 1. The number of fused-ring (bicyclic) bond motifs is 1. The smallest absolute Gasteiger partial charge is 0.275 e. The number of piperazine rings is 1. The lowest BCUT2D eigenvalue weighted by molar-refractivity contribution is 0.0624. The van der Waals surface area contributed by atoms with E-state index >= 15 is 0 Å². The van der Waals surface area contributed by atoms with Crippen molar-refractivity contribution in [2.24, 2.45) is 0 Å². The summed E-state index contributed by atoms with van der Waals surface area (Å²) in [6, 6.07) is 16.0. The molecule has 1 aliphatic heterocycles. The van der Waals surface area contributed by atoms with E-state index in [1.165, 1.54) is 5.56 Å². The summed E-state index contributed by atoms with van der Waals surface area (Å²) in [6.45, 7) is 4.09. The molecule has 0 bridgehead atoms. The molecule has 0 radical (unpaired) electrons. The predicted molar refractivity (Wildman–Crippen MR) is 101 cm³/mol. The molecule has 5 nitrogen and oxygen atoms in total. The van der Waals surface area contributed by atoms with Gasteiger partial charge in [0, 0.05) is 42.6 Å². The maximum atomic E-state index is 12.8. The summed E-state index contributed by atoms with van der Waals surface area (Å²) in [5, 5.41) is 8.07. The molecule has 2 heterocycles. The van der Waals surface area contributed by atoms with Gasteiger partial charge >= 0.3 is 0 Å². The van der Waals surface area contributed by atoms with Crippen molar-refractivity contribution in [2.45, 2.75) is 6.54 Å². The zero-order valence-corrected chi connectivity index (χ0v) is 15.4. The van der Waals surface area contributed by atoms with Crippen molar-refractivity contribution in [3.63, 3.8) is 0 Å². The summed E-state index contributed by atoms with van der Waals surface area (Å²) in [5.41, 5.74) is 2.70. The molecule has 2 aromatic carbocycles. The van der Waals surface area contributed by atoms with Gasteiger partial charge in [-0.05, 0) is 17.7 Å². The standard InChI is InChI=1S/C19H19BrN4O/c20-16-7-3-1-5-14(16)13-23-9-11-24(12-10-23)19(25)18-15-6-2-4-8-17(15)21-22-18/h1-8H,9-13H2,(H,21,22). The molecule has 0 aliphatic carbocycles. The van der Waals surface area contributed by atoms with Crippen LogP contribution in [0.4, 0.5) is 0 Å². The number of H-pyrrole nitrogens is 1. The van der Waals surface area contributed by atoms with Gasteiger partial charge in [0.25, 0.3) is 5.91 Å². The molecule has 4 rings (SSSR count). The third-order valence-corrected chi connectivity index (χ3v) is 5.46. The third kappa shape index (κ3) is 3.32. The van der Waals surface area contributed by atoms with E-state index in [0.717, 1.165) is 48.1 Å². The average molecular weight is 399 g/mol. The molecule has 1 N–H and O–H groups in total. The molecule has 1 fully saturated rings. The Labute approximate surface area is 154 Å². The van der Waals surface area contributed by atoms with E-state index < -0.39 is 0 Å². The Morgan fingerprint density at radius 1 is 1.04 bits per heavy atom. The highest BCUT2D eigenvalue weighted by Gasteiger charge is 2.25. The second-order valence-corrected chi connectivity index (χ2v) is 7.13. The number of hydrogen-bond acceptors (Lipinski definition) is 3. The van der Waals surface area contributed by atoms with E-state index in [4.69, 9.17) is 0 Å². The lowest BCUT2D eigenvalue weighted by atomic mass is 10.1. The summed E-state index contributed by atoms with van der Waals surface area (Å²) in [7, 11) is 0. The zero-order chi connectivity index (χ0) is 17.2. The fraction of sp³-hybridized carbons (Fsp3) is 0.263. The molecule has 1 amide bonds. The molecule has 0 saturated carbocycles. The van der Waals surface area contributed by atoms with Crippen LogP contribution in [0.25, 0.3) is 10.9 Å². The summed E-state index contributed by atoms with van der Waals surface area (Å²) in [4.78, 5) is 17.1. The molecule has 3 aromatic rings. The first kappa shape index (κ1) is 16.3. The lowest BCUT2D eigenvalue weighted by Gasteiger charge is -2.34. The topological polar surface area (TPSA) is 52.2 Å². The van der Waals surface area contributed by atoms with Crippen LogP contribution in [0.2, 0.25) is 0 Å². The Kier molecular flexibility index (Phi) is 4.55. The van der Waals surface area contributed by atoms with Gasteiger partial charge in [-0.15, -0.1) is 0 Å². The maximum Gasteiger partial charge on any atom is 0.275 e. The Morgan fingerprint density at radius 3 is 2.56 bits per heavy atom. The van der Waals surface area contributed by atoms with Gasteiger partial charge in [-0.25, -0.2) is 0 Å².